The molecule has 0 unspecified atom stereocenters. The first-order chi connectivity index (χ1) is 8.82. The molecule has 0 aromatic heterocycles. The molecule has 0 atom stereocenters. The van der Waals surface area contributed by atoms with Crippen molar-refractivity contribution in [3.8, 4) is 11.1 Å². The second kappa shape index (κ2) is 5.23. The Balaban J connectivity index is 2.77. The molecule has 2 aromatic carbocycles. The zero-order valence-corrected chi connectivity index (χ0v) is 11.5. The number of rotatable bonds is 1. The molecule has 6 heteroatoms. The third-order valence-electron chi connectivity index (χ3n) is 2.54. The van der Waals surface area contributed by atoms with Gasteiger partial charge in [-0.15, -0.1) is 0 Å². The van der Waals surface area contributed by atoms with E-state index in [0.717, 1.165) is 0 Å². The van der Waals surface area contributed by atoms with E-state index in [1.807, 2.05) is 0 Å². The number of hydrogen-bond acceptors (Lipinski definition) is 0. The summed E-state index contributed by atoms with van der Waals surface area (Å²) in [4.78, 5) is 0. The van der Waals surface area contributed by atoms with E-state index >= 15 is 0 Å². The Bertz CT molecular complexity index is 621. The van der Waals surface area contributed by atoms with Gasteiger partial charge >= 0.3 is 6.18 Å². The third kappa shape index (κ3) is 2.83. The van der Waals surface area contributed by atoms with E-state index in [2.05, 4.69) is 0 Å². The molecule has 0 aliphatic heterocycles. The molecule has 0 fully saturated rings. The van der Waals surface area contributed by atoms with Gasteiger partial charge in [0, 0.05) is 5.56 Å². The van der Waals surface area contributed by atoms with Gasteiger partial charge in [0.1, 0.15) is 0 Å². The van der Waals surface area contributed by atoms with Crippen LogP contribution in [0.3, 0.4) is 0 Å². The first-order valence-corrected chi connectivity index (χ1v) is 6.26. The van der Waals surface area contributed by atoms with Crippen molar-refractivity contribution in [2.24, 2.45) is 0 Å². The molecular formula is C13H6Cl3F3. The fourth-order valence-electron chi connectivity index (χ4n) is 1.75. The van der Waals surface area contributed by atoms with Gasteiger partial charge in [-0.05, 0) is 17.7 Å². The van der Waals surface area contributed by atoms with E-state index in [4.69, 9.17) is 34.8 Å². The molecule has 0 bridgehead atoms. The van der Waals surface area contributed by atoms with Crippen molar-refractivity contribution in [2.45, 2.75) is 6.18 Å². The van der Waals surface area contributed by atoms with Crippen molar-refractivity contribution in [2.75, 3.05) is 0 Å². The summed E-state index contributed by atoms with van der Waals surface area (Å²) in [6.45, 7) is 0. The van der Waals surface area contributed by atoms with Gasteiger partial charge in [-0.3, -0.25) is 0 Å². The number of benzene rings is 2. The van der Waals surface area contributed by atoms with Crippen LogP contribution in [0.25, 0.3) is 11.1 Å². The Morgan fingerprint density at radius 1 is 0.737 bits per heavy atom. The van der Waals surface area contributed by atoms with Crippen LogP contribution in [0.1, 0.15) is 5.56 Å². The highest BCUT2D eigenvalue weighted by Crippen LogP contribution is 2.44. The molecule has 0 saturated heterocycles. The summed E-state index contributed by atoms with van der Waals surface area (Å²) in [6.07, 6.45) is -4.57. The maximum atomic E-state index is 13.1. The number of halogens is 6. The average molecular weight is 326 g/mol. The molecule has 0 aliphatic carbocycles. The predicted octanol–water partition coefficient (Wildman–Crippen LogP) is 6.33. The Kier molecular flexibility index (Phi) is 4.00. The van der Waals surface area contributed by atoms with Crippen molar-refractivity contribution >= 4 is 34.8 Å². The fourth-order valence-corrected chi connectivity index (χ4v) is 2.43. The maximum Gasteiger partial charge on any atom is 0.418 e. The summed E-state index contributed by atoms with van der Waals surface area (Å²) in [5.74, 6) is 0. The minimum atomic E-state index is -4.57. The highest BCUT2D eigenvalue weighted by atomic mass is 35.5. The van der Waals surface area contributed by atoms with Gasteiger partial charge in [-0.2, -0.15) is 13.2 Å². The quantitative estimate of drug-likeness (QED) is 0.574. The van der Waals surface area contributed by atoms with Crippen molar-refractivity contribution in [3.05, 3.63) is 57.0 Å². The van der Waals surface area contributed by atoms with Gasteiger partial charge in [0.2, 0.25) is 0 Å². The Hall–Kier alpha value is -0.900. The molecule has 0 spiro atoms. The standard InChI is InChI=1S/C13H6Cl3F3/c14-9-5-1-3-7(11(9)13(17,18)19)8-4-2-6-10(15)12(8)16/h1-6H. The lowest BCUT2D eigenvalue weighted by atomic mass is 9.99. The molecule has 2 aromatic rings. The van der Waals surface area contributed by atoms with Gasteiger partial charge < -0.3 is 0 Å². The van der Waals surface area contributed by atoms with Crippen molar-refractivity contribution in [3.63, 3.8) is 0 Å². The molecule has 0 saturated carbocycles. The van der Waals surface area contributed by atoms with E-state index in [9.17, 15) is 13.2 Å². The van der Waals surface area contributed by atoms with Crippen molar-refractivity contribution in [1.82, 2.24) is 0 Å². The molecule has 0 amide bonds. The second-order valence-corrected chi connectivity index (χ2v) is 4.95. The molecule has 0 N–H and O–H groups in total. The van der Waals surface area contributed by atoms with Crippen LogP contribution in [0.4, 0.5) is 13.2 Å². The van der Waals surface area contributed by atoms with Gasteiger partial charge in [0.05, 0.1) is 20.6 Å². The SMILES string of the molecule is FC(F)(F)c1c(Cl)cccc1-c1cccc(Cl)c1Cl. The van der Waals surface area contributed by atoms with Crippen LogP contribution in [0.15, 0.2) is 36.4 Å². The third-order valence-corrected chi connectivity index (χ3v) is 3.67. The topological polar surface area (TPSA) is 0 Å². The van der Waals surface area contributed by atoms with Crippen LogP contribution >= 0.6 is 34.8 Å². The van der Waals surface area contributed by atoms with E-state index < -0.39 is 11.7 Å². The van der Waals surface area contributed by atoms with Crippen LogP contribution in [0, 0.1) is 0 Å². The smallest absolute Gasteiger partial charge is 0.166 e. The Morgan fingerprint density at radius 2 is 1.26 bits per heavy atom. The summed E-state index contributed by atoms with van der Waals surface area (Å²) in [5, 5.41) is -0.120. The molecule has 0 nitrogen and oxygen atoms in total. The van der Waals surface area contributed by atoms with Crippen LogP contribution < -0.4 is 0 Å². The van der Waals surface area contributed by atoms with Crippen LogP contribution in [0.5, 0.6) is 0 Å². The molecular weight excluding hydrogens is 319 g/mol. The largest absolute Gasteiger partial charge is 0.418 e. The van der Waals surface area contributed by atoms with Gasteiger partial charge in [0.25, 0.3) is 0 Å². The fraction of sp³-hybridized carbons (Fsp3) is 0.0769. The molecule has 2 rings (SSSR count). The molecule has 0 radical (unpaired) electrons. The zero-order chi connectivity index (χ0) is 14.2. The predicted molar refractivity (Wildman–Crippen MR) is 71.9 cm³/mol. The van der Waals surface area contributed by atoms with E-state index in [1.165, 1.54) is 36.4 Å². The Labute approximate surface area is 122 Å². The molecule has 0 aliphatic rings. The van der Waals surface area contributed by atoms with Crippen LogP contribution in [-0.4, -0.2) is 0 Å². The highest BCUT2D eigenvalue weighted by molar-refractivity contribution is 6.43. The van der Waals surface area contributed by atoms with E-state index in [0.29, 0.717) is 0 Å². The van der Waals surface area contributed by atoms with Gasteiger partial charge in [-0.25, -0.2) is 0 Å². The summed E-state index contributed by atoms with van der Waals surface area (Å²) in [5.41, 5.74) is -0.808. The first kappa shape index (κ1) is 14.5. The average Bonchev–Trinajstić information content (AvgIpc) is 2.30. The molecule has 100 valence electrons. The summed E-state index contributed by atoms with van der Waals surface area (Å²) < 4.78 is 39.2. The van der Waals surface area contributed by atoms with Crippen molar-refractivity contribution in [1.29, 1.82) is 0 Å². The summed E-state index contributed by atoms with van der Waals surface area (Å²) in [6, 6.07) is 8.44. The first-order valence-electron chi connectivity index (χ1n) is 5.12. The van der Waals surface area contributed by atoms with E-state index in [1.54, 1.807) is 0 Å². The van der Waals surface area contributed by atoms with Crippen LogP contribution in [-0.2, 0) is 6.18 Å². The lowest BCUT2D eigenvalue weighted by Gasteiger charge is -2.15. The lowest BCUT2D eigenvalue weighted by Crippen LogP contribution is -2.08. The molecule has 19 heavy (non-hydrogen) atoms. The van der Waals surface area contributed by atoms with Crippen molar-refractivity contribution < 1.29 is 13.2 Å². The summed E-state index contributed by atoms with van der Waals surface area (Å²) >= 11 is 17.4. The number of hydrogen-bond donors (Lipinski definition) is 0. The monoisotopic (exact) mass is 324 g/mol. The minimum Gasteiger partial charge on any atom is -0.166 e. The minimum absolute atomic E-state index is 0.0666. The number of alkyl halides is 3. The van der Waals surface area contributed by atoms with E-state index in [-0.39, 0.29) is 26.2 Å². The molecule has 0 heterocycles. The van der Waals surface area contributed by atoms with Crippen LogP contribution in [0.2, 0.25) is 15.1 Å². The second-order valence-electron chi connectivity index (χ2n) is 3.76. The zero-order valence-electron chi connectivity index (χ0n) is 9.23. The normalized spacial score (nSPS) is 11.7. The summed E-state index contributed by atoms with van der Waals surface area (Å²) in [7, 11) is 0. The maximum absolute atomic E-state index is 13.1. The van der Waals surface area contributed by atoms with Gasteiger partial charge in [0.15, 0.2) is 0 Å². The Morgan fingerprint density at radius 3 is 1.84 bits per heavy atom. The highest BCUT2D eigenvalue weighted by Gasteiger charge is 2.36. The van der Waals surface area contributed by atoms with Gasteiger partial charge in [-0.1, -0.05) is 59.1 Å². The lowest BCUT2D eigenvalue weighted by molar-refractivity contribution is -0.137.